The molecule has 0 aromatic rings. The summed E-state index contributed by atoms with van der Waals surface area (Å²) >= 11 is 0. The van der Waals surface area contributed by atoms with Crippen molar-refractivity contribution in [2.24, 2.45) is 5.41 Å². The van der Waals surface area contributed by atoms with Gasteiger partial charge in [0.2, 0.25) is 0 Å². The second-order valence-corrected chi connectivity index (χ2v) is 5.17. The third-order valence-electron chi connectivity index (χ3n) is 3.28. The van der Waals surface area contributed by atoms with Gasteiger partial charge < -0.3 is 14.8 Å². The molecule has 2 saturated heterocycles. The molecular weight excluding hydrogens is 194 g/mol. The molecule has 0 aliphatic carbocycles. The van der Waals surface area contributed by atoms with Crippen molar-refractivity contribution in [1.82, 2.24) is 5.32 Å². The van der Waals surface area contributed by atoms with Gasteiger partial charge in [0.05, 0.1) is 13.2 Å². The van der Waals surface area contributed by atoms with Crippen molar-refractivity contribution in [3.63, 3.8) is 0 Å². The van der Waals surface area contributed by atoms with Crippen LogP contribution in [0.2, 0.25) is 0 Å². The second-order valence-electron chi connectivity index (χ2n) is 5.17. The fourth-order valence-electron chi connectivity index (χ4n) is 1.99. The Morgan fingerprint density at radius 2 is 2.13 bits per heavy atom. The molecule has 4 nitrogen and oxygen atoms in total. The minimum absolute atomic E-state index is 0.0214. The van der Waals surface area contributed by atoms with Crippen LogP contribution in [0, 0.1) is 5.41 Å². The molecule has 86 valence electrons. The lowest BCUT2D eigenvalue weighted by atomic mass is 9.88. The third kappa shape index (κ3) is 2.16. The number of carbonyl (C=O) groups excluding carboxylic acids is 1. The molecule has 0 bridgehead atoms. The van der Waals surface area contributed by atoms with Crippen molar-refractivity contribution in [1.29, 1.82) is 0 Å². The van der Waals surface area contributed by atoms with E-state index >= 15 is 0 Å². The van der Waals surface area contributed by atoms with E-state index in [-0.39, 0.29) is 11.3 Å². The van der Waals surface area contributed by atoms with Gasteiger partial charge in [-0.1, -0.05) is 6.92 Å². The molecule has 15 heavy (non-hydrogen) atoms. The van der Waals surface area contributed by atoms with Crippen LogP contribution in [-0.4, -0.2) is 37.9 Å². The van der Waals surface area contributed by atoms with Crippen LogP contribution < -0.4 is 5.32 Å². The molecule has 1 N–H and O–H groups in total. The van der Waals surface area contributed by atoms with E-state index in [1.54, 1.807) is 0 Å². The lowest BCUT2D eigenvalue weighted by molar-refractivity contribution is -0.143. The van der Waals surface area contributed by atoms with Crippen molar-refractivity contribution in [3.05, 3.63) is 0 Å². The lowest BCUT2D eigenvalue weighted by Crippen LogP contribution is -2.52. The van der Waals surface area contributed by atoms with Crippen LogP contribution >= 0.6 is 0 Å². The molecule has 2 heterocycles. The minimum Gasteiger partial charge on any atom is -0.380 e. The Labute approximate surface area is 90.3 Å². The largest absolute Gasteiger partial charge is 0.380 e. The summed E-state index contributed by atoms with van der Waals surface area (Å²) in [5.41, 5.74) is -0.467. The highest BCUT2D eigenvalue weighted by molar-refractivity contribution is 5.85. The average Bonchev–Trinajstić information content (AvgIpc) is 2.60. The normalized spacial score (nSPS) is 33.5. The monoisotopic (exact) mass is 213 g/mol. The molecule has 2 aliphatic heterocycles. The molecule has 2 rings (SSSR count). The van der Waals surface area contributed by atoms with E-state index in [4.69, 9.17) is 9.47 Å². The third-order valence-corrected chi connectivity index (χ3v) is 3.28. The van der Waals surface area contributed by atoms with Crippen molar-refractivity contribution >= 4 is 5.91 Å². The highest BCUT2D eigenvalue weighted by Crippen LogP contribution is 2.27. The first-order valence-electron chi connectivity index (χ1n) is 5.54. The summed E-state index contributed by atoms with van der Waals surface area (Å²) in [4.78, 5) is 11.9. The number of rotatable bonds is 3. The summed E-state index contributed by atoms with van der Waals surface area (Å²) in [5, 5.41) is 2.96. The van der Waals surface area contributed by atoms with Gasteiger partial charge in [-0.2, -0.15) is 0 Å². The Morgan fingerprint density at radius 3 is 2.60 bits per heavy atom. The van der Waals surface area contributed by atoms with Crippen LogP contribution in [0.15, 0.2) is 0 Å². The molecular formula is C11H19NO3. The lowest BCUT2D eigenvalue weighted by Gasteiger charge is -2.38. The smallest absolute Gasteiger partial charge is 0.251 e. The summed E-state index contributed by atoms with van der Waals surface area (Å²) in [7, 11) is 0. The number of amides is 1. The van der Waals surface area contributed by atoms with Crippen molar-refractivity contribution in [2.75, 3.05) is 26.4 Å². The van der Waals surface area contributed by atoms with Crippen LogP contribution in [0.25, 0.3) is 0 Å². The molecule has 2 fully saturated rings. The highest BCUT2D eigenvalue weighted by atomic mass is 16.5. The topological polar surface area (TPSA) is 47.6 Å². The molecule has 1 atom stereocenters. The average molecular weight is 213 g/mol. The Hall–Kier alpha value is -0.610. The standard InChI is InChI=1S/C11H19NO3/c1-10(7-14-8-10)6-12-9(13)11(2)4-3-5-15-11/h3-8H2,1-2H3,(H,12,13). The number of carbonyl (C=O) groups is 1. The molecule has 0 radical (unpaired) electrons. The molecule has 1 unspecified atom stereocenters. The van der Waals surface area contributed by atoms with E-state index in [0.29, 0.717) is 13.2 Å². The van der Waals surface area contributed by atoms with Gasteiger partial charge in [0, 0.05) is 18.6 Å². The summed E-state index contributed by atoms with van der Waals surface area (Å²) < 4.78 is 10.6. The predicted molar refractivity (Wildman–Crippen MR) is 55.5 cm³/mol. The molecule has 0 saturated carbocycles. The zero-order chi connectivity index (χ0) is 10.9. The Bertz CT molecular complexity index is 255. The zero-order valence-electron chi connectivity index (χ0n) is 9.47. The van der Waals surface area contributed by atoms with Crippen LogP contribution in [-0.2, 0) is 14.3 Å². The maximum atomic E-state index is 11.9. The molecule has 0 aromatic carbocycles. The van der Waals surface area contributed by atoms with Gasteiger partial charge >= 0.3 is 0 Å². The predicted octanol–water partition coefficient (Wildman–Crippen LogP) is 0.708. The van der Waals surface area contributed by atoms with Crippen LogP contribution in [0.5, 0.6) is 0 Å². The van der Waals surface area contributed by atoms with E-state index < -0.39 is 5.60 Å². The molecule has 0 aromatic heterocycles. The zero-order valence-corrected chi connectivity index (χ0v) is 9.47. The van der Waals surface area contributed by atoms with Gasteiger partial charge in [-0.3, -0.25) is 4.79 Å². The number of nitrogens with one attached hydrogen (secondary N) is 1. The first kappa shape index (κ1) is 10.9. The number of ether oxygens (including phenoxy) is 2. The van der Waals surface area contributed by atoms with Crippen molar-refractivity contribution in [2.45, 2.75) is 32.3 Å². The SMILES string of the molecule is CC1(CNC(=O)C2(C)CCCO2)COC1. The second kappa shape index (κ2) is 3.76. The Morgan fingerprint density at radius 1 is 1.40 bits per heavy atom. The fourth-order valence-corrected chi connectivity index (χ4v) is 1.99. The van der Waals surface area contributed by atoms with Gasteiger partial charge in [-0.05, 0) is 19.8 Å². The first-order chi connectivity index (χ1) is 7.04. The summed E-state index contributed by atoms with van der Waals surface area (Å²) in [5.74, 6) is 0.0214. The van der Waals surface area contributed by atoms with E-state index in [1.165, 1.54) is 0 Å². The van der Waals surface area contributed by atoms with Crippen molar-refractivity contribution < 1.29 is 14.3 Å². The number of hydrogen-bond donors (Lipinski definition) is 1. The highest BCUT2D eigenvalue weighted by Gasteiger charge is 2.40. The van der Waals surface area contributed by atoms with E-state index in [2.05, 4.69) is 12.2 Å². The van der Waals surface area contributed by atoms with Crippen molar-refractivity contribution in [3.8, 4) is 0 Å². The molecule has 0 spiro atoms. The molecule has 1 amide bonds. The molecule has 2 aliphatic rings. The van der Waals surface area contributed by atoms with Gasteiger partial charge in [-0.15, -0.1) is 0 Å². The maximum Gasteiger partial charge on any atom is 0.251 e. The van der Waals surface area contributed by atoms with Gasteiger partial charge in [-0.25, -0.2) is 0 Å². The van der Waals surface area contributed by atoms with E-state index in [1.807, 2.05) is 6.92 Å². The molecule has 4 heteroatoms. The van der Waals surface area contributed by atoms with Gasteiger partial charge in [0.15, 0.2) is 0 Å². The summed E-state index contributed by atoms with van der Waals surface area (Å²) in [6.45, 7) is 6.86. The van der Waals surface area contributed by atoms with E-state index in [0.717, 1.165) is 26.1 Å². The van der Waals surface area contributed by atoms with Crippen LogP contribution in [0.3, 0.4) is 0 Å². The minimum atomic E-state index is -0.596. The summed E-state index contributed by atoms with van der Waals surface area (Å²) in [6, 6.07) is 0. The summed E-state index contributed by atoms with van der Waals surface area (Å²) in [6.07, 6.45) is 1.80. The van der Waals surface area contributed by atoms with Crippen LogP contribution in [0.4, 0.5) is 0 Å². The van der Waals surface area contributed by atoms with Gasteiger partial charge in [0.25, 0.3) is 5.91 Å². The first-order valence-corrected chi connectivity index (χ1v) is 5.54. The van der Waals surface area contributed by atoms with Gasteiger partial charge in [0.1, 0.15) is 5.60 Å². The Kier molecular flexibility index (Phi) is 2.73. The Balaban J connectivity index is 1.81. The van der Waals surface area contributed by atoms with Crippen LogP contribution in [0.1, 0.15) is 26.7 Å². The quantitative estimate of drug-likeness (QED) is 0.751. The number of hydrogen-bond acceptors (Lipinski definition) is 3. The fraction of sp³-hybridized carbons (Fsp3) is 0.909. The van der Waals surface area contributed by atoms with E-state index in [9.17, 15) is 4.79 Å². The maximum absolute atomic E-state index is 11.9.